The number of ether oxygens (including phenoxy) is 3. The van der Waals surface area contributed by atoms with Crippen molar-refractivity contribution in [3.8, 4) is 11.5 Å². The van der Waals surface area contributed by atoms with Gasteiger partial charge in [0.2, 0.25) is 0 Å². The molecule has 0 radical (unpaired) electrons. The monoisotopic (exact) mass is 278 g/mol. The zero-order valence-electron chi connectivity index (χ0n) is 11.8. The van der Waals surface area contributed by atoms with E-state index in [1.165, 1.54) is 6.92 Å². The summed E-state index contributed by atoms with van der Waals surface area (Å²) in [6, 6.07) is 6.98. The van der Waals surface area contributed by atoms with Gasteiger partial charge in [0.1, 0.15) is 6.10 Å². The first-order valence-corrected chi connectivity index (χ1v) is 6.60. The van der Waals surface area contributed by atoms with Crippen molar-refractivity contribution in [2.24, 2.45) is 0 Å². The highest BCUT2D eigenvalue weighted by atomic mass is 16.6. The lowest BCUT2D eigenvalue weighted by Gasteiger charge is -2.25. The SMILES string of the molecule is CC(=O)[C@@H]1Oc2ccccc2O[C@@H](C)C[C@H](C)OC1=O. The van der Waals surface area contributed by atoms with Crippen LogP contribution in [0.5, 0.6) is 11.5 Å². The second kappa shape index (κ2) is 5.94. The number of benzene rings is 1. The predicted molar refractivity (Wildman–Crippen MR) is 71.8 cm³/mol. The van der Waals surface area contributed by atoms with Crippen LogP contribution in [0.3, 0.4) is 0 Å². The van der Waals surface area contributed by atoms with Gasteiger partial charge in [-0.05, 0) is 32.9 Å². The number of esters is 1. The van der Waals surface area contributed by atoms with Gasteiger partial charge in [0, 0.05) is 6.42 Å². The Kier molecular flexibility index (Phi) is 4.27. The number of fused-ring (bicyclic) bond motifs is 1. The van der Waals surface area contributed by atoms with Crippen molar-refractivity contribution >= 4 is 11.8 Å². The lowest BCUT2D eigenvalue weighted by atomic mass is 10.1. The minimum absolute atomic E-state index is 0.128. The van der Waals surface area contributed by atoms with E-state index in [0.717, 1.165) is 0 Å². The third kappa shape index (κ3) is 3.29. The zero-order chi connectivity index (χ0) is 14.7. The maximum atomic E-state index is 12.0. The van der Waals surface area contributed by atoms with Gasteiger partial charge < -0.3 is 14.2 Å². The molecule has 1 aliphatic heterocycles. The third-order valence-electron chi connectivity index (χ3n) is 2.99. The number of rotatable bonds is 1. The van der Waals surface area contributed by atoms with E-state index in [9.17, 15) is 9.59 Å². The Morgan fingerprint density at radius 1 is 1.05 bits per heavy atom. The number of carbonyl (C=O) groups is 2. The molecule has 0 bridgehead atoms. The average molecular weight is 278 g/mol. The number of hydrogen-bond donors (Lipinski definition) is 0. The standard InChI is InChI=1S/C15H18O5/c1-9-8-10(2)19-15(17)14(11(3)16)20-13-7-5-4-6-12(13)18-9/h4-7,9-10,14H,8H2,1-3H3/t9-,10-,14-/m0/s1. The Morgan fingerprint density at radius 3 is 2.20 bits per heavy atom. The van der Waals surface area contributed by atoms with Gasteiger partial charge in [0.25, 0.3) is 6.10 Å². The van der Waals surface area contributed by atoms with Crippen LogP contribution in [0.1, 0.15) is 27.2 Å². The van der Waals surface area contributed by atoms with Gasteiger partial charge >= 0.3 is 5.97 Å². The minimum Gasteiger partial charge on any atom is -0.487 e. The summed E-state index contributed by atoms with van der Waals surface area (Å²) in [6.07, 6.45) is -1.18. The first kappa shape index (κ1) is 14.4. The van der Waals surface area contributed by atoms with Gasteiger partial charge in [-0.1, -0.05) is 12.1 Å². The minimum atomic E-state index is -1.25. The summed E-state index contributed by atoms with van der Waals surface area (Å²) >= 11 is 0. The lowest BCUT2D eigenvalue weighted by molar-refractivity contribution is -0.160. The van der Waals surface area contributed by atoms with E-state index in [1.54, 1.807) is 25.1 Å². The molecular weight excluding hydrogens is 260 g/mol. The van der Waals surface area contributed by atoms with Crippen molar-refractivity contribution in [2.75, 3.05) is 0 Å². The molecule has 0 saturated heterocycles. The van der Waals surface area contributed by atoms with Crippen LogP contribution in [0.2, 0.25) is 0 Å². The van der Waals surface area contributed by atoms with Crippen LogP contribution in [0.15, 0.2) is 24.3 Å². The quantitative estimate of drug-likeness (QED) is 0.581. The van der Waals surface area contributed by atoms with Crippen LogP contribution in [0.4, 0.5) is 0 Å². The van der Waals surface area contributed by atoms with E-state index in [2.05, 4.69) is 0 Å². The topological polar surface area (TPSA) is 61.8 Å². The molecule has 5 heteroatoms. The summed E-state index contributed by atoms with van der Waals surface area (Å²) in [7, 11) is 0. The molecule has 5 nitrogen and oxygen atoms in total. The normalized spacial score (nSPS) is 26.6. The summed E-state index contributed by atoms with van der Waals surface area (Å²) in [5.74, 6) is -0.168. The number of cyclic esters (lactones) is 1. The van der Waals surface area contributed by atoms with Gasteiger partial charge in [0.15, 0.2) is 17.3 Å². The molecule has 0 aliphatic carbocycles. The van der Waals surface area contributed by atoms with Gasteiger partial charge in [0.05, 0.1) is 6.10 Å². The van der Waals surface area contributed by atoms with E-state index < -0.39 is 17.9 Å². The molecule has 3 atom stereocenters. The summed E-state index contributed by atoms with van der Waals surface area (Å²) < 4.78 is 16.5. The predicted octanol–water partition coefficient (Wildman–Crippen LogP) is 2.13. The first-order chi connectivity index (χ1) is 9.47. The van der Waals surface area contributed by atoms with Crippen LogP contribution in [-0.4, -0.2) is 30.1 Å². The number of para-hydroxylation sites is 2. The van der Waals surface area contributed by atoms with Crippen LogP contribution < -0.4 is 9.47 Å². The van der Waals surface area contributed by atoms with Crippen LogP contribution in [0, 0.1) is 0 Å². The Morgan fingerprint density at radius 2 is 1.60 bits per heavy atom. The summed E-state index contributed by atoms with van der Waals surface area (Å²) in [4.78, 5) is 23.6. The molecule has 108 valence electrons. The van der Waals surface area contributed by atoms with Gasteiger partial charge in [-0.25, -0.2) is 4.79 Å². The van der Waals surface area contributed by atoms with Crippen molar-refractivity contribution in [3.63, 3.8) is 0 Å². The summed E-state index contributed by atoms with van der Waals surface area (Å²) in [5, 5.41) is 0. The zero-order valence-corrected chi connectivity index (χ0v) is 11.8. The van der Waals surface area contributed by atoms with Gasteiger partial charge in [-0.2, -0.15) is 0 Å². The number of carbonyl (C=O) groups excluding carboxylic acids is 2. The molecule has 0 spiro atoms. The average Bonchev–Trinajstić information content (AvgIpc) is 2.35. The molecule has 0 aromatic heterocycles. The maximum absolute atomic E-state index is 12.0. The molecule has 0 saturated carbocycles. The van der Waals surface area contributed by atoms with Crippen molar-refractivity contribution in [1.29, 1.82) is 0 Å². The summed E-state index contributed by atoms with van der Waals surface area (Å²) in [5.41, 5.74) is 0. The number of Topliss-reactive ketones (excluding diaryl/α,β-unsaturated/α-hetero) is 1. The van der Waals surface area contributed by atoms with Gasteiger partial charge in [-0.15, -0.1) is 0 Å². The second-order valence-electron chi connectivity index (χ2n) is 4.97. The number of ketones is 1. The van der Waals surface area contributed by atoms with E-state index in [-0.39, 0.29) is 12.2 Å². The molecule has 1 aliphatic rings. The van der Waals surface area contributed by atoms with Gasteiger partial charge in [-0.3, -0.25) is 4.79 Å². The van der Waals surface area contributed by atoms with Crippen LogP contribution in [-0.2, 0) is 14.3 Å². The molecule has 20 heavy (non-hydrogen) atoms. The third-order valence-corrected chi connectivity index (χ3v) is 2.99. The van der Waals surface area contributed by atoms with Crippen molar-refractivity contribution in [1.82, 2.24) is 0 Å². The van der Waals surface area contributed by atoms with Crippen LogP contribution >= 0.6 is 0 Å². The fourth-order valence-corrected chi connectivity index (χ4v) is 2.11. The first-order valence-electron chi connectivity index (χ1n) is 6.60. The van der Waals surface area contributed by atoms with E-state index in [0.29, 0.717) is 17.9 Å². The van der Waals surface area contributed by atoms with Crippen LogP contribution in [0.25, 0.3) is 0 Å². The van der Waals surface area contributed by atoms with E-state index in [1.807, 2.05) is 13.0 Å². The molecule has 0 N–H and O–H groups in total. The molecule has 0 amide bonds. The highest BCUT2D eigenvalue weighted by Gasteiger charge is 2.31. The van der Waals surface area contributed by atoms with Crippen molar-refractivity contribution in [2.45, 2.75) is 45.5 Å². The molecule has 1 heterocycles. The van der Waals surface area contributed by atoms with E-state index >= 15 is 0 Å². The van der Waals surface area contributed by atoms with Crippen molar-refractivity contribution < 1.29 is 23.8 Å². The lowest BCUT2D eigenvalue weighted by Crippen LogP contribution is -2.39. The molecule has 0 unspecified atom stereocenters. The highest BCUT2D eigenvalue weighted by molar-refractivity contribution is 6.01. The second-order valence-corrected chi connectivity index (χ2v) is 4.97. The molecule has 2 rings (SSSR count). The smallest absolute Gasteiger partial charge is 0.355 e. The van der Waals surface area contributed by atoms with Crippen molar-refractivity contribution in [3.05, 3.63) is 24.3 Å². The Bertz CT molecular complexity index is 511. The molecule has 1 aromatic carbocycles. The molecular formula is C15H18O5. The maximum Gasteiger partial charge on any atom is 0.355 e. The van der Waals surface area contributed by atoms with E-state index in [4.69, 9.17) is 14.2 Å². The fourth-order valence-electron chi connectivity index (χ4n) is 2.11. The number of hydrogen-bond acceptors (Lipinski definition) is 5. The molecule has 1 aromatic rings. The highest BCUT2D eigenvalue weighted by Crippen LogP contribution is 2.30. The Hall–Kier alpha value is -2.04. The Labute approximate surface area is 117 Å². The Balaban J connectivity index is 2.36. The fraction of sp³-hybridized carbons (Fsp3) is 0.467. The molecule has 0 fully saturated rings. The largest absolute Gasteiger partial charge is 0.487 e. The summed E-state index contributed by atoms with van der Waals surface area (Å²) in [6.45, 7) is 4.96.